The Morgan fingerprint density at radius 3 is 2.37 bits per heavy atom. The smallest absolute Gasteiger partial charge is 0.262 e. The second-order valence-corrected chi connectivity index (χ2v) is 4.35. The van der Waals surface area contributed by atoms with Crippen LogP contribution < -0.4 is 15.8 Å². The number of nitrogens with one attached hydrogen (secondary N) is 1. The number of amides is 1. The molecule has 0 aliphatic heterocycles. The molecule has 0 aromatic heterocycles. The van der Waals surface area contributed by atoms with Crippen LogP contribution in [0.15, 0.2) is 48.5 Å². The highest BCUT2D eigenvalue weighted by molar-refractivity contribution is 6.30. The number of carbonyl (C=O) groups is 1. The SMILES string of the molecule is Nc1ccc(OCC(=O)Nc2ccc(Cl)cc2)cc1. The second-order valence-electron chi connectivity index (χ2n) is 3.91. The Labute approximate surface area is 116 Å². The van der Waals surface area contributed by atoms with E-state index >= 15 is 0 Å². The lowest BCUT2D eigenvalue weighted by molar-refractivity contribution is -0.118. The van der Waals surface area contributed by atoms with Crippen molar-refractivity contribution in [2.45, 2.75) is 0 Å². The number of ether oxygens (including phenoxy) is 1. The van der Waals surface area contributed by atoms with E-state index in [2.05, 4.69) is 5.32 Å². The summed E-state index contributed by atoms with van der Waals surface area (Å²) in [4.78, 5) is 11.6. The van der Waals surface area contributed by atoms with Crippen LogP contribution >= 0.6 is 11.6 Å². The molecule has 1 amide bonds. The van der Waals surface area contributed by atoms with Crippen molar-refractivity contribution in [3.05, 3.63) is 53.6 Å². The standard InChI is InChI=1S/C14H13ClN2O2/c15-10-1-5-12(6-2-10)17-14(18)9-19-13-7-3-11(16)4-8-13/h1-8H,9,16H2,(H,17,18). The minimum Gasteiger partial charge on any atom is -0.484 e. The van der Waals surface area contributed by atoms with Crippen LogP contribution in [0.3, 0.4) is 0 Å². The van der Waals surface area contributed by atoms with Crippen molar-refractivity contribution in [3.8, 4) is 5.75 Å². The first kappa shape index (κ1) is 13.2. The maximum absolute atomic E-state index is 11.6. The van der Waals surface area contributed by atoms with Crippen molar-refractivity contribution in [1.82, 2.24) is 0 Å². The van der Waals surface area contributed by atoms with Gasteiger partial charge in [0.1, 0.15) is 5.75 Å². The van der Waals surface area contributed by atoms with Crippen molar-refractivity contribution < 1.29 is 9.53 Å². The third kappa shape index (κ3) is 4.19. The summed E-state index contributed by atoms with van der Waals surface area (Å²) in [6.45, 7) is -0.0630. The monoisotopic (exact) mass is 276 g/mol. The first-order chi connectivity index (χ1) is 9.13. The Balaban J connectivity index is 1.84. The number of nitrogens with two attached hydrogens (primary N) is 1. The predicted molar refractivity (Wildman–Crippen MR) is 76.4 cm³/mol. The average Bonchev–Trinajstić information content (AvgIpc) is 2.41. The molecule has 19 heavy (non-hydrogen) atoms. The molecule has 0 atom stereocenters. The van der Waals surface area contributed by atoms with Crippen LogP contribution in [0.25, 0.3) is 0 Å². The van der Waals surface area contributed by atoms with Crippen molar-refractivity contribution in [1.29, 1.82) is 0 Å². The van der Waals surface area contributed by atoms with E-state index in [9.17, 15) is 4.79 Å². The number of carbonyl (C=O) groups excluding carboxylic acids is 1. The molecule has 98 valence electrons. The summed E-state index contributed by atoms with van der Waals surface area (Å²) in [5, 5.41) is 3.32. The van der Waals surface area contributed by atoms with Gasteiger partial charge in [0.2, 0.25) is 0 Å². The van der Waals surface area contributed by atoms with Gasteiger partial charge in [-0.25, -0.2) is 0 Å². The summed E-state index contributed by atoms with van der Waals surface area (Å²) in [5.41, 5.74) is 6.88. The fraction of sp³-hybridized carbons (Fsp3) is 0.0714. The summed E-state index contributed by atoms with van der Waals surface area (Å²) in [7, 11) is 0. The molecule has 5 heteroatoms. The molecule has 0 bridgehead atoms. The number of anilines is 2. The van der Waals surface area contributed by atoms with Gasteiger partial charge in [-0.05, 0) is 48.5 Å². The van der Waals surface area contributed by atoms with Crippen molar-refractivity contribution in [2.24, 2.45) is 0 Å². The number of rotatable bonds is 4. The van der Waals surface area contributed by atoms with E-state index in [1.807, 2.05) is 0 Å². The molecule has 3 N–H and O–H groups in total. The summed E-state index contributed by atoms with van der Waals surface area (Å²) >= 11 is 5.75. The molecule has 0 heterocycles. The highest BCUT2D eigenvalue weighted by atomic mass is 35.5. The van der Waals surface area contributed by atoms with E-state index < -0.39 is 0 Å². The molecule has 0 fully saturated rings. The quantitative estimate of drug-likeness (QED) is 0.844. The van der Waals surface area contributed by atoms with Crippen LogP contribution in [-0.2, 0) is 4.79 Å². The molecule has 0 saturated carbocycles. The van der Waals surface area contributed by atoms with Gasteiger partial charge >= 0.3 is 0 Å². The molecule has 0 spiro atoms. The van der Waals surface area contributed by atoms with Gasteiger partial charge in [-0.1, -0.05) is 11.6 Å². The number of benzene rings is 2. The van der Waals surface area contributed by atoms with Gasteiger partial charge < -0.3 is 15.8 Å². The minimum atomic E-state index is -0.237. The van der Waals surface area contributed by atoms with E-state index in [0.29, 0.717) is 22.1 Å². The van der Waals surface area contributed by atoms with Gasteiger partial charge in [0.25, 0.3) is 5.91 Å². The molecule has 4 nitrogen and oxygen atoms in total. The lowest BCUT2D eigenvalue weighted by Gasteiger charge is -2.07. The molecule has 0 saturated heterocycles. The molecule has 2 rings (SSSR count). The Hall–Kier alpha value is -2.20. The molecular formula is C14H13ClN2O2. The van der Waals surface area contributed by atoms with E-state index in [0.717, 1.165) is 0 Å². The lowest BCUT2D eigenvalue weighted by atomic mass is 10.3. The van der Waals surface area contributed by atoms with E-state index in [-0.39, 0.29) is 12.5 Å². The number of hydrogen-bond acceptors (Lipinski definition) is 3. The zero-order valence-electron chi connectivity index (χ0n) is 10.1. The third-order valence-corrected chi connectivity index (χ3v) is 2.63. The first-order valence-corrected chi connectivity index (χ1v) is 6.05. The van der Waals surface area contributed by atoms with Crippen LogP contribution in [0.1, 0.15) is 0 Å². The summed E-state index contributed by atoms with van der Waals surface area (Å²) in [5.74, 6) is 0.361. The average molecular weight is 277 g/mol. The Morgan fingerprint density at radius 2 is 1.74 bits per heavy atom. The molecule has 0 aliphatic carbocycles. The maximum Gasteiger partial charge on any atom is 0.262 e. The molecule has 2 aromatic rings. The van der Waals surface area contributed by atoms with Gasteiger partial charge in [-0.2, -0.15) is 0 Å². The zero-order chi connectivity index (χ0) is 13.7. The van der Waals surface area contributed by atoms with E-state index in [1.54, 1.807) is 48.5 Å². The van der Waals surface area contributed by atoms with Gasteiger partial charge in [0.15, 0.2) is 6.61 Å². The Bertz CT molecular complexity index is 553. The van der Waals surface area contributed by atoms with E-state index in [1.165, 1.54) is 0 Å². The lowest BCUT2D eigenvalue weighted by Crippen LogP contribution is -2.20. The minimum absolute atomic E-state index is 0.0630. The van der Waals surface area contributed by atoms with Gasteiger partial charge in [0.05, 0.1) is 0 Å². The van der Waals surface area contributed by atoms with Crippen LogP contribution in [0.5, 0.6) is 5.75 Å². The third-order valence-electron chi connectivity index (χ3n) is 2.38. The summed E-state index contributed by atoms with van der Waals surface area (Å²) < 4.78 is 5.33. The Morgan fingerprint density at radius 1 is 1.11 bits per heavy atom. The number of halogens is 1. The molecule has 0 aliphatic rings. The van der Waals surface area contributed by atoms with Crippen molar-refractivity contribution in [3.63, 3.8) is 0 Å². The van der Waals surface area contributed by atoms with Crippen molar-refractivity contribution >= 4 is 28.9 Å². The van der Waals surface area contributed by atoms with Gasteiger partial charge in [-0.15, -0.1) is 0 Å². The molecular weight excluding hydrogens is 264 g/mol. The van der Waals surface area contributed by atoms with Crippen LogP contribution in [0.2, 0.25) is 5.02 Å². The normalized spacial score (nSPS) is 9.95. The zero-order valence-corrected chi connectivity index (χ0v) is 10.9. The second kappa shape index (κ2) is 6.11. The Kier molecular flexibility index (Phi) is 4.26. The highest BCUT2D eigenvalue weighted by Crippen LogP contribution is 2.14. The summed E-state index contributed by atoms with van der Waals surface area (Å²) in [6.07, 6.45) is 0. The maximum atomic E-state index is 11.6. The number of hydrogen-bond donors (Lipinski definition) is 2. The fourth-order valence-corrected chi connectivity index (χ4v) is 1.57. The topological polar surface area (TPSA) is 64.3 Å². The molecule has 2 aromatic carbocycles. The fourth-order valence-electron chi connectivity index (χ4n) is 1.44. The van der Waals surface area contributed by atoms with Gasteiger partial charge in [0, 0.05) is 16.4 Å². The van der Waals surface area contributed by atoms with Crippen LogP contribution in [0, 0.1) is 0 Å². The molecule has 0 unspecified atom stereocenters. The van der Waals surface area contributed by atoms with Crippen LogP contribution in [-0.4, -0.2) is 12.5 Å². The molecule has 0 radical (unpaired) electrons. The largest absolute Gasteiger partial charge is 0.484 e. The predicted octanol–water partition coefficient (Wildman–Crippen LogP) is 2.94. The van der Waals surface area contributed by atoms with Gasteiger partial charge in [-0.3, -0.25) is 4.79 Å². The highest BCUT2D eigenvalue weighted by Gasteiger charge is 2.03. The number of nitrogen functional groups attached to an aromatic ring is 1. The van der Waals surface area contributed by atoms with E-state index in [4.69, 9.17) is 22.1 Å². The summed E-state index contributed by atoms with van der Waals surface area (Å²) in [6, 6.07) is 13.7. The first-order valence-electron chi connectivity index (χ1n) is 5.67. The van der Waals surface area contributed by atoms with Crippen molar-refractivity contribution in [2.75, 3.05) is 17.7 Å². The van der Waals surface area contributed by atoms with Crippen LogP contribution in [0.4, 0.5) is 11.4 Å².